The Labute approximate surface area is 128 Å². The lowest BCUT2D eigenvalue weighted by atomic mass is 9.86. The fourth-order valence-corrected chi connectivity index (χ4v) is 2.49. The van der Waals surface area contributed by atoms with E-state index in [2.05, 4.69) is 67.5 Å². The summed E-state index contributed by atoms with van der Waals surface area (Å²) in [4.78, 5) is 4.63. The number of nitrogens with one attached hydrogen (secondary N) is 1. The second kappa shape index (κ2) is 6.40. The highest BCUT2D eigenvalue weighted by atomic mass is 14.9. The van der Waals surface area contributed by atoms with Crippen molar-refractivity contribution in [2.45, 2.75) is 45.6 Å². The Kier molecular flexibility index (Phi) is 4.79. The largest absolute Gasteiger partial charge is 0.311 e. The van der Waals surface area contributed by atoms with Crippen LogP contribution in [0, 0.1) is 6.92 Å². The standard InChI is InChI=1S/C19H26N2/c1-14-7-6-8-17(21-14)18(20-5)13-15-9-11-16(12-10-15)19(2,3)4/h6-12,18,20H,13H2,1-5H3. The summed E-state index contributed by atoms with van der Waals surface area (Å²) >= 11 is 0. The molecule has 2 aromatic rings. The zero-order valence-electron chi connectivity index (χ0n) is 13.8. The third-order valence-corrected chi connectivity index (χ3v) is 3.88. The number of nitrogens with zero attached hydrogens (tertiary/aromatic N) is 1. The minimum atomic E-state index is 0.207. The van der Waals surface area contributed by atoms with Gasteiger partial charge in [0.1, 0.15) is 0 Å². The van der Waals surface area contributed by atoms with E-state index in [4.69, 9.17) is 0 Å². The van der Waals surface area contributed by atoms with Crippen molar-refractivity contribution in [3.63, 3.8) is 0 Å². The van der Waals surface area contributed by atoms with Crippen LogP contribution in [0.5, 0.6) is 0 Å². The minimum Gasteiger partial charge on any atom is -0.311 e. The molecule has 21 heavy (non-hydrogen) atoms. The molecular formula is C19H26N2. The molecule has 2 rings (SSSR count). The SMILES string of the molecule is CNC(Cc1ccc(C(C)(C)C)cc1)c1cccc(C)n1. The van der Waals surface area contributed by atoms with E-state index in [0.29, 0.717) is 0 Å². The molecule has 112 valence electrons. The van der Waals surface area contributed by atoms with Gasteiger partial charge in [0, 0.05) is 5.69 Å². The minimum absolute atomic E-state index is 0.207. The van der Waals surface area contributed by atoms with Crippen LogP contribution in [0.2, 0.25) is 0 Å². The quantitative estimate of drug-likeness (QED) is 0.909. The zero-order valence-corrected chi connectivity index (χ0v) is 13.8. The molecule has 1 atom stereocenters. The average molecular weight is 282 g/mol. The Morgan fingerprint density at radius 1 is 1.05 bits per heavy atom. The molecule has 0 fully saturated rings. The van der Waals surface area contributed by atoms with Crippen molar-refractivity contribution in [1.82, 2.24) is 10.3 Å². The van der Waals surface area contributed by atoms with Crippen LogP contribution in [0.25, 0.3) is 0 Å². The van der Waals surface area contributed by atoms with E-state index in [-0.39, 0.29) is 11.5 Å². The van der Waals surface area contributed by atoms with Crippen LogP contribution in [-0.2, 0) is 11.8 Å². The number of aryl methyl sites for hydroxylation is 1. The van der Waals surface area contributed by atoms with Gasteiger partial charge in [0.25, 0.3) is 0 Å². The first-order valence-electron chi connectivity index (χ1n) is 7.60. The van der Waals surface area contributed by atoms with Crippen molar-refractivity contribution in [2.24, 2.45) is 0 Å². The molecule has 0 radical (unpaired) electrons. The van der Waals surface area contributed by atoms with E-state index in [1.54, 1.807) is 0 Å². The van der Waals surface area contributed by atoms with Gasteiger partial charge >= 0.3 is 0 Å². The number of aromatic nitrogens is 1. The second-order valence-electron chi connectivity index (χ2n) is 6.70. The number of likely N-dealkylation sites (N-methyl/N-ethyl adjacent to an activating group) is 1. The molecule has 0 aliphatic rings. The molecule has 0 bridgehead atoms. The summed E-state index contributed by atoms with van der Waals surface area (Å²) in [7, 11) is 2.00. The number of hydrogen-bond donors (Lipinski definition) is 1. The Bertz CT molecular complexity index is 579. The summed E-state index contributed by atoms with van der Waals surface area (Å²) < 4.78 is 0. The van der Waals surface area contributed by atoms with Gasteiger partial charge in [0.05, 0.1) is 11.7 Å². The molecule has 0 amide bonds. The van der Waals surface area contributed by atoms with Crippen molar-refractivity contribution in [2.75, 3.05) is 7.05 Å². The molecule has 1 N–H and O–H groups in total. The molecule has 1 heterocycles. The van der Waals surface area contributed by atoms with Crippen LogP contribution >= 0.6 is 0 Å². The van der Waals surface area contributed by atoms with Crippen LogP contribution in [0.3, 0.4) is 0 Å². The van der Waals surface area contributed by atoms with Gasteiger partial charge in [-0.3, -0.25) is 4.98 Å². The highest BCUT2D eigenvalue weighted by molar-refractivity contribution is 5.29. The summed E-state index contributed by atoms with van der Waals surface area (Å²) in [5.41, 5.74) is 5.10. The summed E-state index contributed by atoms with van der Waals surface area (Å²) in [5, 5.41) is 3.38. The van der Waals surface area contributed by atoms with Crippen LogP contribution in [0.1, 0.15) is 49.3 Å². The van der Waals surface area contributed by atoms with Gasteiger partial charge in [-0.25, -0.2) is 0 Å². The first kappa shape index (κ1) is 15.7. The molecular weight excluding hydrogens is 256 g/mol. The van der Waals surface area contributed by atoms with E-state index < -0.39 is 0 Å². The molecule has 1 aromatic heterocycles. The topological polar surface area (TPSA) is 24.9 Å². The molecule has 0 aliphatic carbocycles. The van der Waals surface area contributed by atoms with Gasteiger partial charge in [-0.2, -0.15) is 0 Å². The lowest BCUT2D eigenvalue weighted by Gasteiger charge is -2.20. The van der Waals surface area contributed by atoms with E-state index >= 15 is 0 Å². The maximum Gasteiger partial charge on any atom is 0.0579 e. The summed E-state index contributed by atoms with van der Waals surface area (Å²) in [6.45, 7) is 8.77. The van der Waals surface area contributed by atoms with Gasteiger partial charge < -0.3 is 5.32 Å². The van der Waals surface area contributed by atoms with Gasteiger partial charge in [0.2, 0.25) is 0 Å². The Morgan fingerprint density at radius 2 is 1.71 bits per heavy atom. The normalized spacial score (nSPS) is 13.2. The smallest absolute Gasteiger partial charge is 0.0579 e. The van der Waals surface area contributed by atoms with Gasteiger partial charge in [-0.05, 0) is 49.1 Å². The van der Waals surface area contributed by atoms with Crippen molar-refractivity contribution in [3.05, 3.63) is 65.0 Å². The number of pyridine rings is 1. The molecule has 0 saturated heterocycles. The average Bonchev–Trinajstić information content (AvgIpc) is 2.44. The van der Waals surface area contributed by atoms with E-state index in [1.165, 1.54) is 11.1 Å². The van der Waals surface area contributed by atoms with Gasteiger partial charge in [-0.15, -0.1) is 0 Å². The summed E-state index contributed by atoms with van der Waals surface area (Å²) in [5.74, 6) is 0. The summed E-state index contributed by atoms with van der Waals surface area (Å²) in [6.07, 6.45) is 0.956. The Hall–Kier alpha value is -1.67. The first-order chi connectivity index (χ1) is 9.90. The highest BCUT2D eigenvalue weighted by Gasteiger charge is 2.15. The predicted molar refractivity (Wildman–Crippen MR) is 89.6 cm³/mol. The van der Waals surface area contributed by atoms with Crippen LogP contribution in [-0.4, -0.2) is 12.0 Å². The van der Waals surface area contributed by atoms with E-state index in [0.717, 1.165) is 17.8 Å². The van der Waals surface area contributed by atoms with Crippen LogP contribution < -0.4 is 5.32 Å². The molecule has 2 nitrogen and oxygen atoms in total. The Balaban J connectivity index is 2.15. The molecule has 0 spiro atoms. The van der Waals surface area contributed by atoms with Crippen molar-refractivity contribution in [1.29, 1.82) is 0 Å². The molecule has 1 aromatic carbocycles. The van der Waals surface area contributed by atoms with Crippen molar-refractivity contribution < 1.29 is 0 Å². The predicted octanol–water partition coefficient (Wildman–Crippen LogP) is 4.19. The monoisotopic (exact) mass is 282 g/mol. The lowest BCUT2D eigenvalue weighted by molar-refractivity contribution is 0.571. The van der Waals surface area contributed by atoms with E-state index in [9.17, 15) is 0 Å². The molecule has 0 saturated carbocycles. The van der Waals surface area contributed by atoms with Crippen LogP contribution in [0.15, 0.2) is 42.5 Å². The third kappa shape index (κ3) is 4.15. The van der Waals surface area contributed by atoms with Gasteiger partial charge in [-0.1, -0.05) is 51.1 Å². The zero-order chi connectivity index (χ0) is 15.5. The molecule has 2 heteroatoms. The van der Waals surface area contributed by atoms with Crippen molar-refractivity contribution in [3.8, 4) is 0 Å². The Morgan fingerprint density at radius 3 is 2.24 bits per heavy atom. The number of benzene rings is 1. The maximum atomic E-state index is 4.63. The summed E-state index contributed by atoms with van der Waals surface area (Å²) in [6, 6.07) is 15.4. The highest BCUT2D eigenvalue weighted by Crippen LogP contribution is 2.24. The number of hydrogen-bond acceptors (Lipinski definition) is 2. The third-order valence-electron chi connectivity index (χ3n) is 3.88. The van der Waals surface area contributed by atoms with Crippen molar-refractivity contribution >= 4 is 0 Å². The number of rotatable bonds is 4. The lowest BCUT2D eigenvalue weighted by Crippen LogP contribution is -2.20. The molecule has 1 unspecified atom stereocenters. The van der Waals surface area contributed by atoms with Crippen LogP contribution in [0.4, 0.5) is 0 Å². The molecule has 0 aliphatic heterocycles. The second-order valence-corrected chi connectivity index (χ2v) is 6.70. The first-order valence-corrected chi connectivity index (χ1v) is 7.60. The van der Waals surface area contributed by atoms with E-state index in [1.807, 2.05) is 20.0 Å². The van der Waals surface area contributed by atoms with Gasteiger partial charge in [0.15, 0.2) is 0 Å². The fourth-order valence-electron chi connectivity index (χ4n) is 2.49. The fraction of sp³-hybridized carbons (Fsp3) is 0.421. The maximum absolute atomic E-state index is 4.63.